The summed E-state index contributed by atoms with van der Waals surface area (Å²) in [6.07, 6.45) is 0. The number of carbonyl (C=O) groups excluding carboxylic acids is 1. The number of sulfonamides is 1. The van der Waals surface area contributed by atoms with Crippen molar-refractivity contribution >= 4 is 15.9 Å². The van der Waals surface area contributed by atoms with Gasteiger partial charge in [-0.1, -0.05) is 26.0 Å². The van der Waals surface area contributed by atoms with Crippen LogP contribution in [-0.4, -0.2) is 70.5 Å². The second kappa shape index (κ2) is 10.2. The predicted molar refractivity (Wildman–Crippen MR) is 121 cm³/mol. The van der Waals surface area contributed by atoms with Crippen LogP contribution >= 0.6 is 0 Å². The number of rotatable bonds is 8. The fraction of sp³-hybridized carbons (Fsp3) is 0.435. The van der Waals surface area contributed by atoms with Crippen molar-refractivity contribution in [1.29, 1.82) is 0 Å². The summed E-state index contributed by atoms with van der Waals surface area (Å²) in [4.78, 5) is 14.2. The molecule has 0 spiro atoms. The molecular weight excluding hydrogens is 432 g/mol. The number of amides is 1. The second-order valence-electron chi connectivity index (χ2n) is 7.81. The van der Waals surface area contributed by atoms with Gasteiger partial charge in [0.25, 0.3) is 5.91 Å². The first-order chi connectivity index (χ1) is 15.3. The van der Waals surface area contributed by atoms with Gasteiger partial charge in [-0.3, -0.25) is 4.79 Å². The molecule has 1 fully saturated rings. The lowest BCUT2D eigenvalue weighted by atomic mass is 10.0. The van der Waals surface area contributed by atoms with E-state index < -0.39 is 10.0 Å². The maximum Gasteiger partial charge on any atom is 0.260 e. The smallest absolute Gasteiger partial charge is 0.260 e. The topological polar surface area (TPSA) is 85.4 Å². The van der Waals surface area contributed by atoms with Gasteiger partial charge in [-0.25, -0.2) is 8.42 Å². The van der Waals surface area contributed by atoms with Gasteiger partial charge in [0.15, 0.2) is 6.61 Å². The zero-order valence-corrected chi connectivity index (χ0v) is 19.7. The predicted octanol–water partition coefficient (Wildman–Crippen LogP) is 2.74. The van der Waals surface area contributed by atoms with Gasteiger partial charge in [-0.15, -0.1) is 0 Å². The molecule has 1 aliphatic heterocycles. The summed E-state index contributed by atoms with van der Waals surface area (Å²) < 4.78 is 43.7. The molecule has 0 aliphatic carbocycles. The third kappa shape index (κ3) is 5.34. The third-order valence-corrected chi connectivity index (χ3v) is 7.41. The van der Waals surface area contributed by atoms with E-state index in [0.717, 1.165) is 0 Å². The van der Waals surface area contributed by atoms with Crippen LogP contribution in [0.15, 0.2) is 47.4 Å². The Bertz CT molecular complexity index is 1030. The lowest BCUT2D eigenvalue weighted by molar-refractivity contribution is -0.134. The van der Waals surface area contributed by atoms with Crippen LogP contribution in [0.2, 0.25) is 0 Å². The molecule has 1 heterocycles. The number of carbonyl (C=O) groups is 1. The highest BCUT2D eigenvalue weighted by molar-refractivity contribution is 7.89. The molecule has 0 radical (unpaired) electrons. The zero-order valence-electron chi connectivity index (χ0n) is 18.9. The number of hydrogen-bond acceptors (Lipinski definition) is 6. The first kappa shape index (κ1) is 23.9. The van der Waals surface area contributed by atoms with Gasteiger partial charge in [0, 0.05) is 32.2 Å². The van der Waals surface area contributed by atoms with Crippen molar-refractivity contribution in [2.75, 3.05) is 47.0 Å². The van der Waals surface area contributed by atoms with Crippen LogP contribution < -0.4 is 14.2 Å². The average Bonchev–Trinajstić information content (AvgIpc) is 2.82. The van der Waals surface area contributed by atoms with Crippen molar-refractivity contribution in [1.82, 2.24) is 9.21 Å². The molecule has 0 N–H and O–H groups in total. The normalized spacial score (nSPS) is 15.0. The first-order valence-electron chi connectivity index (χ1n) is 10.5. The van der Waals surface area contributed by atoms with Crippen LogP contribution in [0.5, 0.6) is 17.2 Å². The molecule has 0 saturated carbocycles. The Morgan fingerprint density at radius 3 is 2.12 bits per heavy atom. The summed E-state index contributed by atoms with van der Waals surface area (Å²) in [6.45, 7) is 5.11. The Labute approximate surface area is 189 Å². The first-order valence-corrected chi connectivity index (χ1v) is 11.9. The average molecular weight is 463 g/mol. The van der Waals surface area contributed by atoms with E-state index in [9.17, 15) is 13.2 Å². The van der Waals surface area contributed by atoms with Gasteiger partial charge in [-0.05, 0) is 35.7 Å². The SMILES string of the molecule is COc1ccc(OC)c(S(=O)(=O)N2CCN(C(=O)COc3ccc(C(C)C)cc3)CC2)c1. The van der Waals surface area contributed by atoms with E-state index in [1.807, 2.05) is 24.3 Å². The van der Waals surface area contributed by atoms with Crippen molar-refractivity contribution in [2.24, 2.45) is 0 Å². The largest absolute Gasteiger partial charge is 0.497 e. The standard InChI is InChI=1S/C23H30N2O6S/c1-17(2)18-5-7-19(8-6-18)31-16-23(26)24-11-13-25(14-12-24)32(27,28)22-15-20(29-3)9-10-21(22)30-4/h5-10,15,17H,11-14,16H2,1-4H3. The Balaban J connectivity index is 1.59. The van der Waals surface area contributed by atoms with Gasteiger partial charge < -0.3 is 19.1 Å². The van der Waals surface area contributed by atoms with Gasteiger partial charge in [0.2, 0.25) is 10.0 Å². The van der Waals surface area contributed by atoms with Crippen LogP contribution in [0.1, 0.15) is 25.3 Å². The molecule has 9 heteroatoms. The molecule has 0 bridgehead atoms. The Morgan fingerprint density at radius 2 is 1.56 bits per heavy atom. The van der Waals surface area contributed by atoms with Crippen LogP contribution in [0.4, 0.5) is 0 Å². The minimum absolute atomic E-state index is 0.0484. The van der Waals surface area contributed by atoms with Crippen LogP contribution in [0.3, 0.4) is 0 Å². The maximum atomic E-state index is 13.2. The van der Waals surface area contributed by atoms with Crippen molar-refractivity contribution in [3.8, 4) is 17.2 Å². The molecule has 0 aromatic heterocycles. The van der Waals surface area contributed by atoms with Crippen LogP contribution in [-0.2, 0) is 14.8 Å². The summed E-state index contributed by atoms with van der Waals surface area (Å²) in [7, 11) is -0.894. The summed E-state index contributed by atoms with van der Waals surface area (Å²) in [5.74, 6) is 1.57. The van der Waals surface area contributed by atoms with E-state index in [-0.39, 0.29) is 36.2 Å². The fourth-order valence-corrected chi connectivity index (χ4v) is 5.08. The summed E-state index contributed by atoms with van der Waals surface area (Å²) >= 11 is 0. The van der Waals surface area contributed by atoms with E-state index in [4.69, 9.17) is 14.2 Å². The number of benzene rings is 2. The van der Waals surface area contributed by atoms with Gasteiger partial charge in [-0.2, -0.15) is 4.31 Å². The fourth-order valence-electron chi connectivity index (χ4n) is 3.49. The van der Waals surface area contributed by atoms with E-state index in [2.05, 4.69) is 13.8 Å². The number of methoxy groups -OCH3 is 2. The molecule has 0 unspecified atom stereocenters. The number of nitrogens with zero attached hydrogens (tertiary/aromatic N) is 2. The van der Waals surface area contributed by atoms with Gasteiger partial charge >= 0.3 is 0 Å². The van der Waals surface area contributed by atoms with Crippen LogP contribution in [0.25, 0.3) is 0 Å². The molecule has 0 atom stereocenters. The molecule has 32 heavy (non-hydrogen) atoms. The van der Waals surface area contributed by atoms with Crippen LogP contribution in [0, 0.1) is 0 Å². The number of hydrogen-bond donors (Lipinski definition) is 0. The molecule has 1 saturated heterocycles. The summed E-state index contributed by atoms with van der Waals surface area (Å²) in [5, 5.41) is 0. The highest BCUT2D eigenvalue weighted by atomic mass is 32.2. The second-order valence-corrected chi connectivity index (χ2v) is 9.72. The highest BCUT2D eigenvalue weighted by Gasteiger charge is 2.32. The Morgan fingerprint density at radius 1 is 0.938 bits per heavy atom. The van der Waals surface area contributed by atoms with Gasteiger partial charge in [0.05, 0.1) is 14.2 Å². The number of ether oxygens (including phenoxy) is 3. The lowest BCUT2D eigenvalue weighted by Gasteiger charge is -2.34. The number of piperazine rings is 1. The van der Waals surface area contributed by atoms with Crippen molar-refractivity contribution in [3.05, 3.63) is 48.0 Å². The molecule has 174 valence electrons. The van der Waals surface area contributed by atoms with E-state index >= 15 is 0 Å². The quantitative estimate of drug-likeness (QED) is 0.600. The van der Waals surface area contributed by atoms with Crippen molar-refractivity contribution in [3.63, 3.8) is 0 Å². The van der Waals surface area contributed by atoms with E-state index in [1.165, 1.54) is 30.2 Å². The molecule has 1 amide bonds. The van der Waals surface area contributed by atoms with Gasteiger partial charge in [0.1, 0.15) is 22.1 Å². The lowest BCUT2D eigenvalue weighted by Crippen LogP contribution is -2.51. The molecule has 8 nitrogen and oxygen atoms in total. The van der Waals surface area contributed by atoms with Crippen molar-refractivity contribution < 1.29 is 27.4 Å². The Hall–Kier alpha value is -2.78. The monoisotopic (exact) mass is 462 g/mol. The zero-order chi connectivity index (χ0) is 23.3. The molecular formula is C23H30N2O6S. The maximum absolute atomic E-state index is 13.2. The van der Waals surface area contributed by atoms with Crippen molar-refractivity contribution in [2.45, 2.75) is 24.7 Å². The molecule has 3 rings (SSSR count). The molecule has 1 aliphatic rings. The summed E-state index contributed by atoms with van der Waals surface area (Å²) in [5.41, 5.74) is 1.20. The highest BCUT2D eigenvalue weighted by Crippen LogP contribution is 2.31. The summed E-state index contributed by atoms with van der Waals surface area (Å²) in [6, 6.07) is 12.3. The minimum atomic E-state index is -3.79. The van der Waals surface area contributed by atoms with E-state index in [0.29, 0.717) is 30.5 Å². The molecule has 2 aromatic carbocycles. The van der Waals surface area contributed by atoms with E-state index in [1.54, 1.807) is 17.0 Å². The Kier molecular flexibility index (Phi) is 7.63. The third-order valence-electron chi connectivity index (χ3n) is 5.49. The molecule has 2 aromatic rings. The minimum Gasteiger partial charge on any atom is -0.497 e.